The Morgan fingerprint density at radius 1 is 1.22 bits per heavy atom. The molecule has 0 bridgehead atoms. The van der Waals surface area contributed by atoms with E-state index in [2.05, 4.69) is 20.6 Å². The number of hydrogen-bond acceptors (Lipinski definition) is 7. The zero-order valence-electron chi connectivity index (χ0n) is 20.4. The molecular formula is C26H28N6O5. The number of H-pyrrole nitrogens is 2. The number of aromatic nitrogens is 2. The number of carbonyl (C=O) groups is 4. The molecule has 3 rings (SSSR count). The number of pyridine rings is 1. The standard InChI is InChI=1S/C26H28N6O5/c1-14(22(28)19(23(34)26(37)29-2)10-16-4-3-7-30-24(16)35)8-18(13-33)31-25(36)21-11-17-9-15(12-27)5-6-20(17)32-21/h3-7,9,11,13-14,18-19,22,32H,8,10,28H2,1-2H3,(H,29,37)(H,30,35)(H,31,36). The molecule has 6 N–H and O–H groups in total. The number of rotatable bonds is 11. The van der Waals surface area contributed by atoms with E-state index in [1.54, 1.807) is 43.3 Å². The summed E-state index contributed by atoms with van der Waals surface area (Å²) in [5.41, 5.74) is 7.63. The first-order valence-corrected chi connectivity index (χ1v) is 11.7. The molecule has 11 heteroatoms. The molecule has 2 amide bonds. The van der Waals surface area contributed by atoms with E-state index < -0.39 is 47.1 Å². The number of amides is 2. The summed E-state index contributed by atoms with van der Waals surface area (Å²) in [5, 5.41) is 14.7. The van der Waals surface area contributed by atoms with E-state index in [0.29, 0.717) is 28.3 Å². The number of nitrogens with two attached hydrogens (primary N) is 1. The minimum absolute atomic E-state index is 0.0637. The van der Waals surface area contributed by atoms with E-state index in [1.165, 1.54) is 13.2 Å². The lowest BCUT2D eigenvalue weighted by molar-refractivity contribution is -0.140. The Labute approximate surface area is 212 Å². The predicted octanol–water partition coefficient (Wildman–Crippen LogP) is 0.553. The summed E-state index contributed by atoms with van der Waals surface area (Å²) in [6.07, 6.45) is 2.07. The highest BCUT2D eigenvalue weighted by molar-refractivity contribution is 6.37. The highest BCUT2D eigenvalue weighted by atomic mass is 16.2. The van der Waals surface area contributed by atoms with Crippen LogP contribution in [0.15, 0.2) is 47.4 Å². The number of nitrogens with zero attached hydrogens (tertiary/aromatic N) is 1. The van der Waals surface area contributed by atoms with E-state index >= 15 is 0 Å². The van der Waals surface area contributed by atoms with E-state index in [0.717, 1.165) is 0 Å². The number of fused-ring (bicyclic) bond motifs is 1. The summed E-state index contributed by atoms with van der Waals surface area (Å²) in [6.45, 7) is 1.71. The molecule has 2 heterocycles. The minimum atomic E-state index is -1.02. The normalized spacial score (nSPS) is 14.1. The van der Waals surface area contributed by atoms with Crippen LogP contribution in [0.1, 0.15) is 35.0 Å². The molecule has 0 saturated heterocycles. The Kier molecular flexibility index (Phi) is 8.71. The zero-order chi connectivity index (χ0) is 27.1. The first-order valence-electron chi connectivity index (χ1n) is 11.7. The molecule has 0 spiro atoms. The molecule has 4 unspecified atom stereocenters. The lowest BCUT2D eigenvalue weighted by Gasteiger charge is -2.29. The van der Waals surface area contributed by atoms with Gasteiger partial charge < -0.3 is 31.1 Å². The van der Waals surface area contributed by atoms with Crippen molar-refractivity contribution in [2.75, 3.05) is 7.05 Å². The second-order valence-electron chi connectivity index (χ2n) is 8.88. The summed E-state index contributed by atoms with van der Waals surface area (Å²) < 4.78 is 0. The highest BCUT2D eigenvalue weighted by Gasteiger charge is 2.34. The number of aromatic amines is 2. The average molecular weight is 505 g/mol. The highest BCUT2D eigenvalue weighted by Crippen LogP contribution is 2.21. The molecule has 2 aromatic heterocycles. The third-order valence-electron chi connectivity index (χ3n) is 6.35. The van der Waals surface area contributed by atoms with E-state index in [9.17, 15) is 24.0 Å². The van der Waals surface area contributed by atoms with E-state index in [4.69, 9.17) is 11.0 Å². The van der Waals surface area contributed by atoms with Crippen LogP contribution in [0.5, 0.6) is 0 Å². The maximum absolute atomic E-state index is 12.8. The van der Waals surface area contributed by atoms with Gasteiger partial charge in [0.25, 0.3) is 17.4 Å². The zero-order valence-corrected chi connectivity index (χ0v) is 20.4. The molecule has 4 atom stereocenters. The fraction of sp³-hybridized carbons (Fsp3) is 0.308. The van der Waals surface area contributed by atoms with Gasteiger partial charge in [-0.2, -0.15) is 5.26 Å². The van der Waals surface area contributed by atoms with Gasteiger partial charge in [0.15, 0.2) is 0 Å². The molecule has 3 aromatic rings. The lowest BCUT2D eigenvalue weighted by atomic mass is 9.80. The van der Waals surface area contributed by atoms with Crippen LogP contribution in [-0.4, -0.2) is 53.0 Å². The Morgan fingerprint density at radius 3 is 2.62 bits per heavy atom. The Morgan fingerprint density at radius 2 is 1.97 bits per heavy atom. The van der Waals surface area contributed by atoms with Gasteiger partial charge in [0.1, 0.15) is 12.0 Å². The minimum Gasteiger partial charge on any atom is -0.353 e. The summed E-state index contributed by atoms with van der Waals surface area (Å²) in [7, 11) is 1.32. The van der Waals surface area contributed by atoms with Crippen LogP contribution >= 0.6 is 0 Å². The summed E-state index contributed by atoms with van der Waals surface area (Å²) in [6, 6.07) is 9.91. The Hall–Kier alpha value is -4.56. The van der Waals surface area contributed by atoms with Gasteiger partial charge in [-0.3, -0.25) is 19.2 Å². The monoisotopic (exact) mass is 504 g/mol. The van der Waals surface area contributed by atoms with Gasteiger partial charge in [0.2, 0.25) is 5.78 Å². The van der Waals surface area contributed by atoms with Crippen LogP contribution in [0.3, 0.4) is 0 Å². The number of nitriles is 1. The first-order chi connectivity index (χ1) is 17.7. The maximum Gasteiger partial charge on any atom is 0.287 e. The molecule has 0 saturated carbocycles. The Balaban J connectivity index is 1.74. The van der Waals surface area contributed by atoms with Crippen molar-refractivity contribution in [1.29, 1.82) is 5.26 Å². The summed E-state index contributed by atoms with van der Waals surface area (Å²) >= 11 is 0. The number of aldehydes is 1. The van der Waals surface area contributed by atoms with Gasteiger partial charge in [-0.25, -0.2) is 0 Å². The van der Waals surface area contributed by atoms with Crippen molar-refractivity contribution >= 4 is 34.8 Å². The molecule has 1 aromatic carbocycles. The summed E-state index contributed by atoms with van der Waals surface area (Å²) in [5.74, 6) is -3.64. The Bertz CT molecular complexity index is 1420. The van der Waals surface area contributed by atoms with Crippen LogP contribution in [0.25, 0.3) is 10.9 Å². The molecule has 11 nitrogen and oxygen atoms in total. The number of hydrogen-bond donors (Lipinski definition) is 5. The van der Waals surface area contributed by atoms with Crippen molar-refractivity contribution in [2.24, 2.45) is 17.6 Å². The van der Waals surface area contributed by atoms with Gasteiger partial charge in [0.05, 0.1) is 17.7 Å². The molecule has 0 radical (unpaired) electrons. The number of ketones is 1. The van der Waals surface area contributed by atoms with Crippen LogP contribution in [0, 0.1) is 23.2 Å². The molecule has 37 heavy (non-hydrogen) atoms. The van der Waals surface area contributed by atoms with Crippen molar-refractivity contribution in [3.05, 3.63) is 69.8 Å². The van der Waals surface area contributed by atoms with Crippen molar-refractivity contribution in [1.82, 2.24) is 20.6 Å². The predicted molar refractivity (Wildman–Crippen MR) is 135 cm³/mol. The number of carbonyl (C=O) groups excluding carboxylic acids is 4. The topological polar surface area (TPSA) is 191 Å². The summed E-state index contributed by atoms with van der Waals surface area (Å²) in [4.78, 5) is 67.2. The van der Waals surface area contributed by atoms with Crippen LogP contribution in [0.2, 0.25) is 0 Å². The maximum atomic E-state index is 12.8. The van der Waals surface area contributed by atoms with Crippen LogP contribution < -0.4 is 21.9 Å². The fourth-order valence-corrected chi connectivity index (χ4v) is 4.22. The average Bonchev–Trinajstić information content (AvgIpc) is 3.34. The fourth-order valence-electron chi connectivity index (χ4n) is 4.22. The lowest BCUT2D eigenvalue weighted by Crippen LogP contribution is -2.48. The molecule has 192 valence electrons. The van der Waals surface area contributed by atoms with Gasteiger partial charge in [-0.15, -0.1) is 0 Å². The van der Waals surface area contributed by atoms with Crippen molar-refractivity contribution < 1.29 is 19.2 Å². The quantitative estimate of drug-likeness (QED) is 0.186. The number of Topliss-reactive ketones (excluding diaryl/α,β-unsaturated/α-hetero) is 1. The van der Waals surface area contributed by atoms with Crippen LogP contribution in [0.4, 0.5) is 0 Å². The van der Waals surface area contributed by atoms with E-state index in [-0.39, 0.29) is 18.5 Å². The van der Waals surface area contributed by atoms with E-state index in [1.807, 2.05) is 6.07 Å². The number of likely N-dealkylation sites (N-methyl/N-ethyl adjacent to an activating group) is 1. The third kappa shape index (κ3) is 6.36. The van der Waals surface area contributed by atoms with Crippen molar-refractivity contribution in [3.8, 4) is 6.07 Å². The molecule has 0 aliphatic rings. The van der Waals surface area contributed by atoms with Crippen molar-refractivity contribution in [3.63, 3.8) is 0 Å². The van der Waals surface area contributed by atoms with Gasteiger partial charge >= 0.3 is 0 Å². The second kappa shape index (κ2) is 11.9. The van der Waals surface area contributed by atoms with Gasteiger partial charge in [-0.05, 0) is 49.1 Å². The molecule has 0 aliphatic heterocycles. The SMILES string of the molecule is CNC(=O)C(=O)C(Cc1ccc[nH]c1=O)C(N)C(C)CC(C=O)NC(=O)c1cc2cc(C#N)ccc2[nH]1. The second-order valence-corrected chi connectivity index (χ2v) is 8.88. The molecule has 0 fully saturated rings. The van der Waals surface area contributed by atoms with Crippen molar-refractivity contribution in [2.45, 2.75) is 31.8 Å². The van der Waals surface area contributed by atoms with Gasteiger partial charge in [0, 0.05) is 41.7 Å². The smallest absolute Gasteiger partial charge is 0.287 e. The number of nitrogens with one attached hydrogen (secondary N) is 4. The first kappa shape index (κ1) is 27.0. The molecule has 0 aliphatic carbocycles. The molecular weight excluding hydrogens is 476 g/mol. The largest absolute Gasteiger partial charge is 0.353 e. The number of benzene rings is 1. The van der Waals surface area contributed by atoms with Gasteiger partial charge in [-0.1, -0.05) is 13.0 Å². The third-order valence-corrected chi connectivity index (χ3v) is 6.35. The van der Waals surface area contributed by atoms with Crippen LogP contribution in [-0.2, 0) is 20.8 Å².